The maximum atomic E-state index is 12.2. The van der Waals surface area contributed by atoms with Gasteiger partial charge in [0.1, 0.15) is 11.6 Å². The topological polar surface area (TPSA) is 76.4 Å². The Bertz CT molecular complexity index is 559. The number of unbranched alkanes of at least 4 members (excludes halogenated alkanes) is 1. The van der Waals surface area contributed by atoms with Gasteiger partial charge in [-0.3, -0.25) is 4.79 Å². The van der Waals surface area contributed by atoms with Crippen molar-refractivity contribution in [3.63, 3.8) is 0 Å². The van der Waals surface area contributed by atoms with E-state index in [9.17, 15) is 4.79 Å². The lowest BCUT2D eigenvalue weighted by atomic mass is 10.1. The van der Waals surface area contributed by atoms with Crippen LogP contribution in [0.2, 0.25) is 0 Å². The number of benzene rings is 1. The second-order valence-corrected chi connectivity index (χ2v) is 5.26. The van der Waals surface area contributed by atoms with Crippen LogP contribution >= 0.6 is 0 Å². The fraction of sp³-hybridized carbons (Fsp3) is 0.444. The van der Waals surface area contributed by atoms with Crippen molar-refractivity contribution in [3.05, 3.63) is 41.6 Å². The first-order chi connectivity index (χ1) is 11.1. The number of aliphatic hydroxyl groups is 1. The minimum absolute atomic E-state index is 0.0235. The van der Waals surface area contributed by atoms with Crippen LogP contribution in [0.1, 0.15) is 32.3 Å². The number of hydrogen-bond acceptors (Lipinski definition) is 4. The van der Waals surface area contributed by atoms with E-state index < -0.39 is 5.91 Å². The predicted octanol–water partition coefficient (Wildman–Crippen LogP) is 2.69. The fourth-order valence-electron chi connectivity index (χ4n) is 2.10. The maximum Gasteiger partial charge on any atom is 0.267 e. The summed E-state index contributed by atoms with van der Waals surface area (Å²) in [4.78, 5) is 13.9. The first kappa shape index (κ1) is 18.7. The molecule has 0 saturated heterocycles. The summed E-state index contributed by atoms with van der Waals surface area (Å²) in [7, 11) is 0. The summed E-state index contributed by atoms with van der Waals surface area (Å²) in [5.74, 6) is -0.440. The van der Waals surface area contributed by atoms with Crippen molar-refractivity contribution in [2.45, 2.75) is 33.1 Å². The fourth-order valence-corrected chi connectivity index (χ4v) is 2.10. The van der Waals surface area contributed by atoms with Gasteiger partial charge in [0.05, 0.1) is 6.61 Å². The number of rotatable bonds is 9. The summed E-state index contributed by atoms with van der Waals surface area (Å²) >= 11 is 0. The first-order valence-electron chi connectivity index (χ1n) is 8.01. The molecule has 0 bridgehead atoms. The van der Waals surface area contributed by atoms with Gasteiger partial charge in [0.25, 0.3) is 5.91 Å². The van der Waals surface area contributed by atoms with Crippen LogP contribution in [0.3, 0.4) is 0 Å². The van der Waals surface area contributed by atoms with Crippen molar-refractivity contribution in [2.75, 3.05) is 25.0 Å². The number of amides is 1. The summed E-state index contributed by atoms with van der Waals surface area (Å²) in [6.45, 7) is 5.03. The third-order valence-corrected chi connectivity index (χ3v) is 3.50. The van der Waals surface area contributed by atoms with E-state index in [0.717, 1.165) is 19.3 Å². The molecule has 0 aliphatic carbocycles. The molecule has 1 amide bonds. The molecule has 0 aliphatic rings. The molecule has 0 unspecified atom stereocenters. The first-order valence-corrected chi connectivity index (χ1v) is 8.01. The number of carbonyl (C=O) groups is 1. The molecular weight excluding hydrogens is 290 g/mol. The molecular formula is C18H25N3O2. The molecule has 23 heavy (non-hydrogen) atoms. The highest BCUT2D eigenvalue weighted by atomic mass is 16.3. The molecule has 1 aromatic rings. The molecule has 1 aromatic carbocycles. The Balaban J connectivity index is 2.72. The highest BCUT2D eigenvalue weighted by Crippen LogP contribution is 2.13. The average molecular weight is 315 g/mol. The molecule has 0 aromatic heterocycles. The maximum absolute atomic E-state index is 12.2. The lowest BCUT2D eigenvalue weighted by Crippen LogP contribution is -2.23. The number of nitrogens with zero attached hydrogens (tertiary/aromatic N) is 2. The van der Waals surface area contributed by atoms with Gasteiger partial charge in [-0.2, -0.15) is 5.26 Å². The summed E-state index contributed by atoms with van der Waals surface area (Å²) in [5.41, 5.74) is 1.93. The van der Waals surface area contributed by atoms with Crippen molar-refractivity contribution < 1.29 is 9.90 Å². The Hall–Kier alpha value is -2.32. The van der Waals surface area contributed by atoms with E-state index in [0.29, 0.717) is 18.8 Å². The molecule has 5 heteroatoms. The minimum Gasteiger partial charge on any atom is -0.395 e. The average Bonchev–Trinajstić information content (AvgIpc) is 2.57. The molecule has 1 rings (SSSR count). The van der Waals surface area contributed by atoms with E-state index in [-0.39, 0.29) is 12.2 Å². The number of nitriles is 1. The summed E-state index contributed by atoms with van der Waals surface area (Å²) in [6.07, 6.45) is 4.81. The molecule has 0 saturated carbocycles. The molecule has 0 radical (unpaired) electrons. The number of hydrogen-bond donors (Lipinski definition) is 2. The third-order valence-electron chi connectivity index (χ3n) is 3.50. The Kier molecular flexibility index (Phi) is 8.48. The molecule has 0 atom stereocenters. The van der Waals surface area contributed by atoms with Crippen molar-refractivity contribution in [3.8, 4) is 6.07 Å². The van der Waals surface area contributed by atoms with Crippen molar-refractivity contribution in [1.82, 2.24) is 4.90 Å². The zero-order chi connectivity index (χ0) is 17.1. The van der Waals surface area contributed by atoms with Gasteiger partial charge in [-0.05, 0) is 37.5 Å². The molecule has 2 N–H and O–H groups in total. The number of likely N-dealkylation sites (N-methyl/N-ethyl adjacent to an activating group) is 1. The van der Waals surface area contributed by atoms with Gasteiger partial charge in [0, 0.05) is 25.0 Å². The number of aryl methyl sites for hydroxylation is 1. The Labute approximate surface area is 138 Å². The lowest BCUT2D eigenvalue weighted by Gasteiger charge is -2.17. The highest BCUT2D eigenvalue weighted by Gasteiger charge is 2.11. The normalized spacial score (nSPS) is 11.0. The second kappa shape index (κ2) is 10.4. The quantitative estimate of drug-likeness (QED) is 0.542. The van der Waals surface area contributed by atoms with E-state index in [2.05, 4.69) is 12.2 Å². The number of anilines is 1. The van der Waals surface area contributed by atoms with Crippen LogP contribution in [0, 0.1) is 11.3 Å². The number of carbonyl (C=O) groups excluding carboxylic acids is 1. The standard InChI is InChI=1S/C18H25N3O2/c1-3-5-6-15-7-9-17(10-8-15)20-18(23)16(13-19)14-21(4-2)11-12-22/h7-10,14,22H,3-6,11-12H2,1-2H3,(H,20,23)/b16-14-. The number of aliphatic hydroxyl groups excluding tert-OH is 1. The Morgan fingerprint density at radius 3 is 2.57 bits per heavy atom. The van der Waals surface area contributed by atoms with Crippen LogP contribution in [0.4, 0.5) is 5.69 Å². The zero-order valence-electron chi connectivity index (χ0n) is 13.9. The van der Waals surface area contributed by atoms with Gasteiger partial charge in [-0.1, -0.05) is 25.5 Å². The minimum atomic E-state index is -0.440. The van der Waals surface area contributed by atoms with Crippen molar-refractivity contribution in [2.24, 2.45) is 0 Å². The van der Waals surface area contributed by atoms with Crippen LogP contribution < -0.4 is 5.32 Å². The predicted molar refractivity (Wildman–Crippen MR) is 91.7 cm³/mol. The van der Waals surface area contributed by atoms with Gasteiger partial charge in [-0.25, -0.2) is 0 Å². The van der Waals surface area contributed by atoms with E-state index in [1.807, 2.05) is 37.3 Å². The Morgan fingerprint density at radius 2 is 2.04 bits per heavy atom. The summed E-state index contributed by atoms with van der Waals surface area (Å²) in [6, 6.07) is 9.59. The van der Waals surface area contributed by atoms with E-state index in [1.54, 1.807) is 4.90 Å². The highest BCUT2D eigenvalue weighted by molar-refractivity contribution is 6.06. The SMILES string of the molecule is CCCCc1ccc(NC(=O)/C(C#N)=C\N(CC)CCO)cc1. The van der Waals surface area contributed by atoms with Crippen LogP contribution in [0.15, 0.2) is 36.0 Å². The molecule has 124 valence electrons. The van der Waals surface area contributed by atoms with Crippen molar-refractivity contribution >= 4 is 11.6 Å². The van der Waals surface area contributed by atoms with Gasteiger partial charge in [0.15, 0.2) is 0 Å². The van der Waals surface area contributed by atoms with E-state index >= 15 is 0 Å². The molecule has 0 heterocycles. The summed E-state index contributed by atoms with van der Waals surface area (Å²) in [5, 5.41) is 20.8. The van der Waals surface area contributed by atoms with Gasteiger partial charge in [0.2, 0.25) is 0 Å². The summed E-state index contributed by atoms with van der Waals surface area (Å²) < 4.78 is 0. The van der Waals surface area contributed by atoms with E-state index in [1.165, 1.54) is 11.8 Å². The molecule has 0 aliphatic heterocycles. The smallest absolute Gasteiger partial charge is 0.267 e. The van der Waals surface area contributed by atoms with Gasteiger partial charge in [-0.15, -0.1) is 0 Å². The molecule has 0 fully saturated rings. The molecule has 0 spiro atoms. The van der Waals surface area contributed by atoms with Gasteiger partial charge >= 0.3 is 0 Å². The number of nitrogens with one attached hydrogen (secondary N) is 1. The third kappa shape index (κ3) is 6.54. The Morgan fingerprint density at radius 1 is 1.35 bits per heavy atom. The van der Waals surface area contributed by atoms with E-state index in [4.69, 9.17) is 10.4 Å². The van der Waals surface area contributed by atoms with Gasteiger partial charge < -0.3 is 15.3 Å². The largest absolute Gasteiger partial charge is 0.395 e. The van der Waals surface area contributed by atoms with Crippen LogP contribution in [0.5, 0.6) is 0 Å². The zero-order valence-corrected chi connectivity index (χ0v) is 13.9. The second-order valence-electron chi connectivity index (χ2n) is 5.26. The van der Waals surface area contributed by atoms with Crippen LogP contribution in [0.25, 0.3) is 0 Å². The lowest BCUT2D eigenvalue weighted by molar-refractivity contribution is -0.112. The molecule has 5 nitrogen and oxygen atoms in total. The van der Waals surface area contributed by atoms with Crippen LogP contribution in [-0.2, 0) is 11.2 Å². The monoisotopic (exact) mass is 315 g/mol. The van der Waals surface area contributed by atoms with Crippen molar-refractivity contribution in [1.29, 1.82) is 5.26 Å². The van der Waals surface area contributed by atoms with Crippen LogP contribution in [-0.4, -0.2) is 35.6 Å².